The number of carbonyl (C=O) groups excluding carboxylic acids is 1. The highest BCUT2D eigenvalue weighted by Crippen LogP contribution is 2.16. The van der Waals surface area contributed by atoms with Gasteiger partial charge in [-0.05, 0) is 24.3 Å². The molecule has 1 atom stereocenters. The first-order valence-electron chi connectivity index (χ1n) is 6.25. The van der Waals surface area contributed by atoms with E-state index in [1.165, 1.54) is 6.07 Å². The molecule has 1 aromatic heterocycles. The van der Waals surface area contributed by atoms with Crippen LogP contribution in [0.2, 0.25) is 0 Å². The van der Waals surface area contributed by atoms with Gasteiger partial charge in [-0.15, -0.1) is 11.3 Å². The van der Waals surface area contributed by atoms with E-state index in [1.54, 1.807) is 11.4 Å². The monoisotopic (exact) mass is 319 g/mol. The maximum absolute atomic E-state index is 11.9. The van der Waals surface area contributed by atoms with E-state index >= 15 is 0 Å². The van der Waals surface area contributed by atoms with E-state index in [1.807, 2.05) is 20.8 Å². The molecule has 4 N–H and O–H groups in total. The normalized spacial score (nSPS) is 15.1. The summed E-state index contributed by atoms with van der Waals surface area (Å²) in [5.41, 5.74) is 5.11. The zero-order chi connectivity index (χ0) is 15.4. The second kappa shape index (κ2) is 6.66. The molecular formula is C12H21N3O3S2. The number of sulfonamides is 1. The van der Waals surface area contributed by atoms with Gasteiger partial charge in [0, 0.05) is 6.54 Å². The number of amides is 1. The molecule has 0 fully saturated rings. The quantitative estimate of drug-likeness (QED) is 0.682. The van der Waals surface area contributed by atoms with Gasteiger partial charge in [-0.3, -0.25) is 4.79 Å². The van der Waals surface area contributed by atoms with Crippen molar-refractivity contribution in [3.63, 3.8) is 0 Å². The molecule has 0 spiro atoms. The Morgan fingerprint density at radius 2 is 2.15 bits per heavy atom. The summed E-state index contributed by atoms with van der Waals surface area (Å²) < 4.78 is 26.2. The Hall–Kier alpha value is -0.960. The van der Waals surface area contributed by atoms with E-state index in [9.17, 15) is 13.2 Å². The van der Waals surface area contributed by atoms with Crippen molar-refractivity contribution < 1.29 is 13.2 Å². The molecule has 0 aliphatic carbocycles. The maximum Gasteiger partial charge on any atom is 0.250 e. The lowest BCUT2D eigenvalue weighted by Crippen LogP contribution is -2.56. The van der Waals surface area contributed by atoms with Gasteiger partial charge in [-0.25, -0.2) is 13.1 Å². The van der Waals surface area contributed by atoms with E-state index in [0.29, 0.717) is 0 Å². The molecule has 1 amide bonds. The van der Waals surface area contributed by atoms with Crippen LogP contribution in [0.4, 0.5) is 0 Å². The van der Waals surface area contributed by atoms with E-state index in [4.69, 9.17) is 5.73 Å². The molecule has 0 aliphatic heterocycles. The van der Waals surface area contributed by atoms with Crippen LogP contribution < -0.4 is 15.8 Å². The van der Waals surface area contributed by atoms with E-state index in [0.717, 1.165) is 11.3 Å². The third kappa shape index (κ3) is 4.27. The Labute approximate surface area is 123 Å². The Kier molecular flexibility index (Phi) is 5.69. The van der Waals surface area contributed by atoms with Crippen molar-refractivity contribution in [2.75, 3.05) is 13.1 Å². The van der Waals surface area contributed by atoms with Crippen LogP contribution in [0.15, 0.2) is 21.7 Å². The average molecular weight is 319 g/mol. The minimum absolute atomic E-state index is 0.144. The fourth-order valence-electron chi connectivity index (χ4n) is 1.44. The standard InChI is InChI=1S/C12H21N3O3S2/c1-9(2)12(3,8-13)15-10(16)7-14-20(17,18)11-5-4-6-19-11/h4-6,9,14H,7-8,13H2,1-3H3,(H,15,16). The lowest BCUT2D eigenvalue weighted by molar-refractivity contribution is -0.122. The summed E-state index contributed by atoms with van der Waals surface area (Å²) in [4.78, 5) is 11.8. The average Bonchev–Trinajstić information content (AvgIpc) is 2.90. The first-order chi connectivity index (χ1) is 9.21. The fourth-order valence-corrected chi connectivity index (χ4v) is 3.46. The smallest absolute Gasteiger partial charge is 0.250 e. The second-order valence-corrected chi connectivity index (χ2v) is 8.02. The summed E-state index contributed by atoms with van der Waals surface area (Å²) in [5.74, 6) is -0.253. The second-order valence-electron chi connectivity index (χ2n) is 5.08. The predicted octanol–water partition coefficient (Wildman–Crippen LogP) is 0.516. The zero-order valence-corrected chi connectivity index (χ0v) is 13.5. The van der Waals surface area contributed by atoms with Gasteiger partial charge in [0.1, 0.15) is 4.21 Å². The Morgan fingerprint density at radius 3 is 2.60 bits per heavy atom. The van der Waals surface area contributed by atoms with Gasteiger partial charge in [0.25, 0.3) is 10.0 Å². The van der Waals surface area contributed by atoms with E-state index in [2.05, 4.69) is 10.0 Å². The van der Waals surface area contributed by atoms with Gasteiger partial charge in [-0.2, -0.15) is 0 Å². The van der Waals surface area contributed by atoms with Crippen molar-refractivity contribution >= 4 is 27.3 Å². The molecular weight excluding hydrogens is 298 g/mol. The molecule has 1 aromatic rings. The molecule has 0 radical (unpaired) electrons. The Bertz CT molecular complexity index is 540. The van der Waals surface area contributed by atoms with Crippen molar-refractivity contribution in [2.24, 2.45) is 11.7 Å². The van der Waals surface area contributed by atoms with Crippen molar-refractivity contribution in [2.45, 2.75) is 30.5 Å². The summed E-state index contributed by atoms with van der Waals surface area (Å²) in [6.45, 7) is 5.71. The molecule has 0 saturated carbocycles. The van der Waals surface area contributed by atoms with Crippen LogP contribution in [-0.4, -0.2) is 33.0 Å². The number of thiophene rings is 1. The van der Waals surface area contributed by atoms with Gasteiger partial charge in [0.05, 0.1) is 12.1 Å². The lowest BCUT2D eigenvalue weighted by Gasteiger charge is -2.33. The summed E-state index contributed by atoms with van der Waals surface area (Å²) in [7, 11) is -3.62. The SMILES string of the molecule is CC(C)C(C)(CN)NC(=O)CNS(=O)(=O)c1cccs1. The van der Waals surface area contributed by atoms with Gasteiger partial charge in [0.15, 0.2) is 0 Å². The van der Waals surface area contributed by atoms with Crippen molar-refractivity contribution in [3.05, 3.63) is 17.5 Å². The fraction of sp³-hybridized carbons (Fsp3) is 0.583. The number of carbonyl (C=O) groups is 1. The largest absolute Gasteiger partial charge is 0.348 e. The molecule has 0 saturated heterocycles. The van der Waals surface area contributed by atoms with Crippen LogP contribution in [0.5, 0.6) is 0 Å². The van der Waals surface area contributed by atoms with Crippen LogP contribution >= 0.6 is 11.3 Å². The molecule has 6 nitrogen and oxygen atoms in total. The lowest BCUT2D eigenvalue weighted by atomic mass is 9.88. The number of nitrogens with two attached hydrogens (primary N) is 1. The van der Waals surface area contributed by atoms with Crippen LogP contribution in [-0.2, 0) is 14.8 Å². The van der Waals surface area contributed by atoms with E-state index in [-0.39, 0.29) is 23.2 Å². The maximum atomic E-state index is 11.9. The van der Waals surface area contributed by atoms with Gasteiger partial charge >= 0.3 is 0 Å². The summed E-state index contributed by atoms with van der Waals surface area (Å²) in [5, 5.41) is 4.44. The number of rotatable bonds is 7. The molecule has 0 bridgehead atoms. The van der Waals surface area contributed by atoms with Crippen LogP contribution in [0, 0.1) is 5.92 Å². The number of hydrogen-bond donors (Lipinski definition) is 3. The third-order valence-corrected chi connectivity index (χ3v) is 6.10. The molecule has 0 aliphatic rings. The van der Waals surface area contributed by atoms with Crippen molar-refractivity contribution in [3.8, 4) is 0 Å². The molecule has 114 valence electrons. The minimum atomic E-state index is -3.62. The van der Waals surface area contributed by atoms with Gasteiger partial charge < -0.3 is 11.1 Å². The van der Waals surface area contributed by atoms with Crippen molar-refractivity contribution in [1.29, 1.82) is 0 Å². The van der Waals surface area contributed by atoms with E-state index < -0.39 is 21.5 Å². The molecule has 1 unspecified atom stereocenters. The summed E-state index contributed by atoms with van der Waals surface area (Å²) in [6, 6.07) is 3.13. The van der Waals surface area contributed by atoms with Crippen LogP contribution in [0.25, 0.3) is 0 Å². The van der Waals surface area contributed by atoms with Crippen molar-refractivity contribution in [1.82, 2.24) is 10.0 Å². The minimum Gasteiger partial charge on any atom is -0.348 e. The topological polar surface area (TPSA) is 101 Å². The number of nitrogens with one attached hydrogen (secondary N) is 2. The molecule has 8 heteroatoms. The highest BCUT2D eigenvalue weighted by Gasteiger charge is 2.28. The summed E-state index contributed by atoms with van der Waals surface area (Å²) in [6.07, 6.45) is 0. The highest BCUT2D eigenvalue weighted by atomic mass is 32.2. The summed E-state index contributed by atoms with van der Waals surface area (Å²) >= 11 is 1.10. The Morgan fingerprint density at radius 1 is 1.50 bits per heavy atom. The van der Waals surface area contributed by atoms with Gasteiger partial charge in [0.2, 0.25) is 5.91 Å². The third-order valence-electron chi connectivity index (χ3n) is 3.31. The Balaban J connectivity index is 2.61. The highest BCUT2D eigenvalue weighted by molar-refractivity contribution is 7.91. The first-order valence-corrected chi connectivity index (χ1v) is 8.62. The first kappa shape index (κ1) is 17.1. The molecule has 20 heavy (non-hydrogen) atoms. The van der Waals surface area contributed by atoms with Gasteiger partial charge in [-0.1, -0.05) is 19.9 Å². The van der Waals surface area contributed by atoms with Crippen LogP contribution in [0.1, 0.15) is 20.8 Å². The molecule has 1 heterocycles. The number of hydrogen-bond acceptors (Lipinski definition) is 5. The zero-order valence-electron chi connectivity index (χ0n) is 11.8. The predicted molar refractivity (Wildman–Crippen MR) is 79.9 cm³/mol. The van der Waals surface area contributed by atoms with Crippen LogP contribution in [0.3, 0.4) is 0 Å². The molecule has 0 aromatic carbocycles. The molecule has 1 rings (SSSR count).